The fraction of sp³-hybridized carbons (Fsp3) is 0.846. The van der Waals surface area contributed by atoms with Gasteiger partial charge in [0.25, 0.3) is 0 Å². The second-order valence-electron chi connectivity index (χ2n) is 5.70. The molecule has 6 nitrogen and oxygen atoms in total. The molecule has 19 heavy (non-hydrogen) atoms. The van der Waals surface area contributed by atoms with E-state index in [4.69, 9.17) is 10.2 Å². The first kappa shape index (κ1) is 15.8. The molecular weight excluding hydrogens is 248 g/mol. The van der Waals surface area contributed by atoms with Crippen molar-refractivity contribution in [3.8, 4) is 0 Å². The van der Waals surface area contributed by atoms with E-state index in [0.717, 1.165) is 19.3 Å². The highest BCUT2D eigenvalue weighted by Gasteiger charge is 2.30. The van der Waals surface area contributed by atoms with Crippen molar-refractivity contribution in [2.45, 2.75) is 45.6 Å². The third-order valence-corrected chi connectivity index (χ3v) is 3.61. The Morgan fingerprint density at radius 1 is 1.37 bits per heavy atom. The molecule has 2 amide bonds. The number of aliphatic hydroxyl groups is 1. The second kappa shape index (κ2) is 6.75. The van der Waals surface area contributed by atoms with Gasteiger partial charge in [-0.05, 0) is 39.5 Å². The van der Waals surface area contributed by atoms with Crippen molar-refractivity contribution < 1.29 is 19.8 Å². The number of nitrogens with one attached hydrogen (secondary N) is 1. The molecule has 1 unspecified atom stereocenters. The van der Waals surface area contributed by atoms with Crippen LogP contribution >= 0.6 is 0 Å². The Morgan fingerprint density at radius 2 is 2.05 bits per heavy atom. The molecule has 0 radical (unpaired) electrons. The maximum atomic E-state index is 12.1. The van der Waals surface area contributed by atoms with E-state index in [0.29, 0.717) is 13.0 Å². The third kappa shape index (κ3) is 4.38. The minimum Gasteiger partial charge on any atom is -0.481 e. The summed E-state index contributed by atoms with van der Waals surface area (Å²) in [6.45, 7) is 4.00. The van der Waals surface area contributed by atoms with E-state index in [1.165, 1.54) is 0 Å². The number of hydrogen-bond donors (Lipinski definition) is 3. The minimum absolute atomic E-state index is 0.0618. The topological polar surface area (TPSA) is 89.9 Å². The molecule has 1 heterocycles. The molecule has 0 bridgehead atoms. The standard InChI is InChI=1S/C13H24N2O4/c1-13(2,11(17)18)9-14-12(19)15-7-4-3-5-10(15)6-8-16/h10,16H,3-9H2,1-2H3,(H,14,19)(H,17,18). The van der Waals surface area contributed by atoms with Crippen molar-refractivity contribution in [2.24, 2.45) is 5.41 Å². The molecule has 1 rings (SSSR count). The quantitative estimate of drug-likeness (QED) is 0.697. The smallest absolute Gasteiger partial charge is 0.317 e. The zero-order valence-electron chi connectivity index (χ0n) is 11.7. The third-order valence-electron chi connectivity index (χ3n) is 3.61. The summed E-state index contributed by atoms with van der Waals surface area (Å²) in [5, 5.41) is 20.7. The maximum absolute atomic E-state index is 12.1. The van der Waals surface area contributed by atoms with Gasteiger partial charge in [0, 0.05) is 25.7 Å². The van der Waals surface area contributed by atoms with Gasteiger partial charge >= 0.3 is 12.0 Å². The fourth-order valence-corrected chi connectivity index (χ4v) is 2.19. The summed E-state index contributed by atoms with van der Waals surface area (Å²) in [6, 6.07) is -0.167. The molecule has 3 N–H and O–H groups in total. The van der Waals surface area contributed by atoms with Crippen molar-refractivity contribution in [3.63, 3.8) is 0 Å². The molecule has 0 aromatic carbocycles. The Morgan fingerprint density at radius 3 is 2.63 bits per heavy atom. The SMILES string of the molecule is CC(C)(CNC(=O)N1CCCCC1CCO)C(=O)O. The lowest BCUT2D eigenvalue weighted by molar-refractivity contribution is -0.146. The molecule has 6 heteroatoms. The van der Waals surface area contributed by atoms with Crippen LogP contribution in [0.5, 0.6) is 0 Å². The van der Waals surface area contributed by atoms with Gasteiger partial charge in [-0.1, -0.05) is 0 Å². The molecule has 0 aliphatic carbocycles. The highest BCUT2D eigenvalue weighted by molar-refractivity contribution is 5.77. The Hall–Kier alpha value is -1.30. The molecular formula is C13H24N2O4. The highest BCUT2D eigenvalue weighted by Crippen LogP contribution is 2.20. The number of hydrogen-bond acceptors (Lipinski definition) is 3. The Balaban J connectivity index is 2.53. The predicted octanol–water partition coefficient (Wildman–Crippen LogP) is 1.04. The summed E-state index contributed by atoms with van der Waals surface area (Å²) >= 11 is 0. The number of amides is 2. The number of carbonyl (C=O) groups excluding carboxylic acids is 1. The molecule has 0 aromatic heterocycles. The number of rotatable bonds is 5. The number of carboxylic acids is 1. The highest BCUT2D eigenvalue weighted by atomic mass is 16.4. The van der Waals surface area contributed by atoms with Gasteiger partial charge in [-0.25, -0.2) is 4.79 Å². The Bertz CT molecular complexity index is 329. The fourth-order valence-electron chi connectivity index (χ4n) is 2.19. The second-order valence-corrected chi connectivity index (χ2v) is 5.70. The van der Waals surface area contributed by atoms with Gasteiger partial charge < -0.3 is 20.4 Å². The zero-order valence-corrected chi connectivity index (χ0v) is 11.7. The van der Waals surface area contributed by atoms with Crippen LogP contribution < -0.4 is 5.32 Å². The average molecular weight is 272 g/mol. The number of carbonyl (C=O) groups is 2. The van der Waals surface area contributed by atoms with Crippen LogP contribution in [0.4, 0.5) is 4.79 Å². The summed E-state index contributed by atoms with van der Waals surface area (Å²) in [5.74, 6) is -0.932. The van der Waals surface area contributed by atoms with Crippen LogP contribution in [-0.2, 0) is 4.79 Å². The molecule has 1 saturated heterocycles. The van der Waals surface area contributed by atoms with Crippen LogP contribution in [0.15, 0.2) is 0 Å². The largest absolute Gasteiger partial charge is 0.481 e. The van der Waals surface area contributed by atoms with Crippen LogP contribution in [0, 0.1) is 5.41 Å². The lowest BCUT2D eigenvalue weighted by atomic mass is 9.94. The van der Waals surface area contributed by atoms with E-state index in [2.05, 4.69) is 5.32 Å². The number of piperidine rings is 1. The Kier molecular flexibility index (Phi) is 5.60. The molecule has 1 aliphatic rings. The summed E-state index contributed by atoms with van der Waals surface area (Å²) < 4.78 is 0. The van der Waals surface area contributed by atoms with Gasteiger partial charge in [0.05, 0.1) is 5.41 Å². The monoisotopic (exact) mass is 272 g/mol. The summed E-state index contributed by atoms with van der Waals surface area (Å²) in [4.78, 5) is 24.8. The van der Waals surface area contributed by atoms with E-state index >= 15 is 0 Å². The average Bonchev–Trinajstić information content (AvgIpc) is 2.37. The first-order chi connectivity index (χ1) is 8.88. The summed E-state index contributed by atoms with van der Waals surface area (Å²) in [5.41, 5.74) is -0.974. The van der Waals surface area contributed by atoms with Crippen LogP contribution in [0.2, 0.25) is 0 Å². The number of urea groups is 1. The van der Waals surface area contributed by atoms with E-state index < -0.39 is 11.4 Å². The molecule has 1 atom stereocenters. The zero-order chi connectivity index (χ0) is 14.5. The number of nitrogens with zero attached hydrogens (tertiary/aromatic N) is 1. The van der Waals surface area contributed by atoms with Crippen LogP contribution in [0.3, 0.4) is 0 Å². The Labute approximate surface area is 113 Å². The first-order valence-corrected chi connectivity index (χ1v) is 6.77. The van der Waals surface area contributed by atoms with Gasteiger partial charge in [-0.2, -0.15) is 0 Å². The summed E-state index contributed by atoms with van der Waals surface area (Å²) in [7, 11) is 0. The predicted molar refractivity (Wildman–Crippen MR) is 70.9 cm³/mol. The van der Waals surface area contributed by atoms with Gasteiger partial charge in [0.15, 0.2) is 0 Å². The molecule has 0 spiro atoms. The number of likely N-dealkylation sites (tertiary alicyclic amines) is 1. The molecule has 1 fully saturated rings. The van der Waals surface area contributed by atoms with Crippen LogP contribution in [-0.4, -0.2) is 52.9 Å². The van der Waals surface area contributed by atoms with Gasteiger partial charge in [-0.3, -0.25) is 4.79 Å². The van der Waals surface area contributed by atoms with Crippen molar-refractivity contribution in [3.05, 3.63) is 0 Å². The first-order valence-electron chi connectivity index (χ1n) is 6.77. The van der Waals surface area contributed by atoms with Gasteiger partial charge in [-0.15, -0.1) is 0 Å². The van der Waals surface area contributed by atoms with Gasteiger partial charge in [0.2, 0.25) is 0 Å². The van der Waals surface area contributed by atoms with E-state index in [1.807, 2.05) is 0 Å². The minimum atomic E-state index is -0.974. The molecule has 0 saturated carbocycles. The number of carboxylic acid groups (broad SMARTS) is 1. The van der Waals surface area contributed by atoms with Crippen LogP contribution in [0.25, 0.3) is 0 Å². The normalized spacial score (nSPS) is 20.2. The van der Waals surface area contributed by atoms with Crippen molar-refractivity contribution in [1.82, 2.24) is 10.2 Å². The lowest BCUT2D eigenvalue weighted by Crippen LogP contribution is -2.51. The molecule has 0 aromatic rings. The van der Waals surface area contributed by atoms with Crippen molar-refractivity contribution in [1.29, 1.82) is 0 Å². The summed E-state index contributed by atoms with van der Waals surface area (Å²) in [6.07, 6.45) is 3.50. The van der Waals surface area contributed by atoms with E-state index in [9.17, 15) is 9.59 Å². The number of aliphatic hydroxyl groups excluding tert-OH is 1. The maximum Gasteiger partial charge on any atom is 0.317 e. The van der Waals surface area contributed by atoms with Gasteiger partial charge in [0.1, 0.15) is 0 Å². The van der Waals surface area contributed by atoms with E-state index in [1.54, 1.807) is 18.7 Å². The molecule has 1 aliphatic heterocycles. The molecule has 110 valence electrons. The lowest BCUT2D eigenvalue weighted by Gasteiger charge is -2.36. The van der Waals surface area contributed by atoms with Crippen molar-refractivity contribution in [2.75, 3.05) is 19.7 Å². The van der Waals surface area contributed by atoms with E-state index in [-0.39, 0.29) is 25.2 Å². The number of aliphatic carboxylic acids is 1. The van der Waals surface area contributed by atoms with Crippen LogP contribution in [0.1, 0.15) is 39.5 Å². The van der Waals surface area contributed by atoms with Crippen molar-refractivity contribution >= 4 is 12.0 Å².